The number of aromatic nitrogens is 4. The summed E-state index contributed by atoms with van der Waals surface area (Å²) in [6.45, 7) is 4.57. The minimum atomic E-state index is -0.273. The number of anilines is 1. The number of nitrogens with one attached hydrogen (secondary N) is 2. The van der Waals surface area contributed by atoms with Crippen LogP contribution in [0.15, 0.2) is 30.5 Å². The van der Waals surface area contributed by atoms with E-state index in [2.05, 4.69) is 32.6 Å². The van der Waals surface area contributed by atoms with Crippen LogP contribution in [0.1, 0.15) is 28.9 Å². The van der Waals surface area contributed by atoms with Gasteiger partial charge in [-0.2, -0.15) is 5.10 Å². The van der Waals surface area contributed by atoms with Crippen LogP contribution in [0, 0.1) is 6.92 Å². The second-order valence-electron chi connectivity index (χ2n) is 5.93. The van der Waals surface area contributed by atoms with Crippen LogP contribution < -0.4 is 10.6 Å². The third-order valence-electron chi connectivity index (χ3n) is 3.86. The lowest BCUT2D eigenvalue weighted by atomic mass is 10.3. The lowest BCUT2D eigenvalue weighted by Crippen LogP contribution is -2.28. The van der Waals surface area contributed by atoms with E-state index in [0.717, 1.165) is 34.1 Å². The van der Waals surface area contributed by atoms with Gasteiger partial charge in [-0.05, 0) is 31.9 Å². The SMILES string of the molecule is CCCc1nc(C)c(CNC(=O)Nc2cc(-c3ccccn3)nn2C)s1. The largest absolute Gasteiger partial charge is 0.333 e. The maximum absolute atomic E-state index is 12.2. The zero-order valence-corrected chi connectivity index (χ0v) is 15.9. The molecule has 0 spiro atoms. The molecule has 7 nitrogen and oxygen atoms in total. The number of carbonyl (C=O) groups excluding carboxylic acids is 1. The van der Waals surface area contributed by atoms with Gasteiger partial charge in [-0.15, -0.1) is 11.3 Å². The summed E-state index contributed by atoms with van der Waals surface area (Å²) in [5, 5.41) is 11.2. The van der Waals surface area contributed by atoms with Crippen molar-refractivity contribution in [2.75, 3.05) is 5.32 Å². The van der Waals surface area contributed by atoms with Crippen LogP contribution in [0.4, 0.5) is 10.6 Å². The van der Waals surface area contributed by atoms with E-state index in [1.165, 1.54) is 0 Å². The lowest BCUT2D eigenvalue weighted by molar-refractivity contribution is 0.251. The van der Waals surface area contributed by atoms with E-state index >= 15 is 0 Å². The Morgan fingerprint density at radius 2 is 2.15 bits per heavy atom. The third-order valence-corrected chi connectivity index (χ3v) is 5.08. The predicted octanol–water partition coefficient (Wildman–Crippen LogP) is 3.52. The van der Waals surface area contributed by atoms with Crippen molar-refractivity contribution in [2.45, 2.75) is 33.2 Å². The smallest absolute Gasteiger partial charge is 0.320 e. The van der Waals surface area contributed by atoms with Crippen LogP contribution in [-0.4, -0.2) is 25.8 Å². The third kappa shape index (κ3) is 4.26. The van der Waals surface area contributed by atoms with Gasteiger partial charge in [0.1, 0.15) is 11.5 Å². The summed E-state index contributed by atoms with van der Waals surface area (Å²) >= 11 is 1.66. The van der Waals surface area contributed by atoms with E-state index in [1.807, 2.05) is 25.1 Å². The minimum absolute atomic E-state index is 0.273. The number of thiazole rings is 1. The number of rotatable bonds is 6. The molecule has 0 unspecified atom stereocenters. The molecule has 26 heavy (non-hydrogen) atoms. The van der Waals surface area contributed by atoms with Crippen LogP contribution in [0.2, 0.25) is 0 Å². The predicted molar refractivity (Wildman–Crippen MR) is 103 cm³/mol. The molecule has 0 fully saturated rings. The molecule has 0 bridgehead atoms. The zero-order chi connectivity index (χ0) is 18.5. The normalized spacial score (nSPS) is 10.7. The van der Waals surface area contributed by atoms with Gasteiger partial charge < -0.3 is 5.32 Å². The first-order valence-electron chi connectivity index (χ1n) is 8.52. The van der Waals surface area contributed by atoms with Crippen LogP contribution in [0.5, 0.6) is 0 Å². The van der Waals surface area contributed by atoms with Crippen LogP contribution in [0.25, 0.3) is 11.4 Å². The molecular weight excluding hydrogens is 348 g/mol. The highest BCUT2D eigenvalue weighted by Gasteiger charge is 2.12. The highest BCUT2D eigenvalue weighted by atomic mass is 32.1. The van der Waals surface area contributed by atoms with E-state index in [4.69, 9.17) is 0 Å². The highest BCUT2D eigenvalue weighted by molar-refractivity contribution is 7.11. The molecule has 0 aromatic carbocycles. The Morgan fingerprint density at radius 1 is 1.31 bits per heavy atom. The first-order chi connectivity index (χ1) is 12.6. The lowest BCUT2D eigenvalue weighted by Gasteiger charge is -2.06. The molecule has 2 amide bonds. The summed E-state index contributed by atoms with van der Waals surface area (Å²) in [6, 6.07) is 7.17. The standard InChI is InChI=1S/C18H22N6OS/c1-4-7-17-21-12(2)15(26-17)11-20-18(25)22-16-10-14(23-24(16)3)13-8-5-6-9-19-13/h5-6,8-10H,4,7,11H2,1-3H3,(H2,20,22,25). The summed E-state index contributed by atoms with van der Waals surface area (Å²) in [7, 11) is 1.78. The van der Waals surface area contributed by atoms with Gasteiger partial charge in [-0.25, -0.2) is 9.78 Å². The number of pyridine rings is 1. The van der Waals surface area contributed by atoms with Gasteiger partial charge in [-0.1, -0.05) is 13.0 Å². The van der Waals surface area contributed by atoms with E-state index in [-0.39, 0.29) is 6.03 Å². The molecule has 3 aromatic heterocycles. The van der Waals surface area contributed by atoms with Crippen LogP contribution >= 0.6 is 11.3 Å². The Labute approximate surface area is 156 Å². The second kappa shape index (κ2) is 8.09. The fourth-order valence-corrected chi connectivity index (χ4v) is 3.63. The summed E-state index contributed by atoms with van der Waals surface area (Å²) in [6.07, 6.45) is 3.76. The van der Waals surface area contributed by atoms with Gasteiger partial charge >= 0.3 is 6.03 Å². The summed E-state index contributed by atoms with van der Waals surface area (Å²) in [4.78, 5) is 22.1. The van der Waals surface area contributed by atoms with Gasteiger partial charge in [0, 0.05) is 24.2 Å². The second-order valence-corrected chi connectivity index (χ2v) is 7.10. The van der Waals surface area contributed by atoms with E-state index < -0.39 is 0 Å². The molecule has 3 aromatic rings. The fourth-order valence-electron chi connectivity index (χ4n) is 2.52. The molecule has 0 saturated heterocycles. The summed E-state index contributed by atoms with van der Waals surface area (Å²) < 4.78 is 1.63. The minimum Gasteiger partial charge on any atom is -0.333 e. The molecule has 2 N–H and O–H groups in total. The molecule has 3 heterocycles. The molecule has 0 atom stereocenters. The van der Waals surface area contributed by atoms with Gasteiger partial charge in [-0.3, -0.25) is 15.0 Å². The molecule has 0 saturated carbocycles. The topological polar surface area (TPSA) is 84.7 Å². The van der Waals surface area contributed by atoms with Crippen molar-refractivity contribution in [3.63, 3.8) is 0 Å². The number of aryl methyl sites for hydroxylation is 3. The van der Waals surface area contributed by atoms with Gasteiger partial charge in [0.15, 0.2) is 0 Å². The van der Waals surface area contributed by atoms with Gasteiger partial charge in [0.05, 0.1) is 22.9 Å². The van der Waals surface area contributed by atoms with E-state index in [9.17, 15) is 4.79 Å². The van der Waals surface area contributed by atoms with Crippen molar-refractivity contribution in [1.29, 1.82) is 0 Å². The van der Waals surface area contributed by atoms with E-state index in [0.29, 0.717) is 18.1 Å². The molecule has 0 aliphatic carbocycles. The summed E-state index contributed by atoms with van der Waals surface area (Å²) in [5.41, 5.74) is 2.46. The van der Waals surface area contributed by atoms with Gasteiger partial charge in [0.2, 0.25) is 0 Å². The average Bonchev–Trinajstić information content (AvgIpc) is 3.17. The molecule has 8 heteroatoms. The maximum Gasteiger partial charge on any atom is 0.320 e. The molecular formula is C18H22N6OS. The Kier molecular flexibility index (Phi) is 5.62. The average molecular weight is 370 g/mol. The number of hydrogen-bond acceptors (Lipinski definition) is 5. The molecule has 0 aliphatic heterocycles. The van der Waals surface area contributed by atoms with Crippen LogP contribution in [0.3, 0.4) is 0 Å². The zero-order valence-electron chi connectivity index (χ0n) is 15.1. The van der Waals surface area contributed by atoms with Crippen molar-refractivity contribution < 1.29 is 4.79 Å². The number of nitrogens with zero attached hydrogens (tertiary/aromatic N) is 4. The Hall–Kier alpha value is -2.74. The van der Waals surface area contributed by atoms with Crippen LogP contribution in [-0.2, 0) is 20.0 Å². The van der Waals surface area contributed by atoms with Crippen molar-refractivity contribution in [3.05, 3.63) is 46.0 Å². The Morgan fingerprint density at radius 3 is 2.88 bits per heavy atom. The van der Waals surface area contributed by atoms with Crippen molar-refractivity contribution in [1.82, 2.24) is 25.1 Å². The summed E-state index contributed by atoms with van der Waals surface area (Å²) in [5.74, 6) is 0.607. The van der Waals surface area contributed by atoms with Crippen molar-refractivity contribution >= 4 is 23.2 Å². The van der Waals surface area contributed by atoms with Gasteiger partial charge in [0.25, 0.3) is 0 Å². The fraction of sp³-hybridized carbons (Fsp3) is 0.333. The molecule has 136 valence electrons. The number of amides is 2. The number of carbonyl (C=O) groups is 1. The Balaban J connectivity index is 1.61. The van der Waals surface area contributed by atoms with Crippen molar-refractivity contribution in [3.8, 4) is 11.4 Å². The monoisotopic (exact) mass is 370 g/mol. The quantitative estimate of drug-likeness (QED) is 0.695. The highest BCUT2D eigenvalue weighted by Crippen LogP contribution is 2.20. The first kappa shape index (κ1) is 18.1. The maximum atomic E-state index is 12.2. The Bertz CT molecular complexity index is 886. The first-order valence-corrected chi connectivity index (χ1v) is 9.34. The number of urea groups is 1. The van der Waals surface area contributed by atoms with E-state index in [1.54, 1.807) is 35.3 Å². The molecule has 3 rings (SSSR count). The number of hydrogen-bond donors (Lipinski definition) is 2. The molecule has 0 aliphatic rings. The molecule has 0 radical (unpaired) electrons. The van der Waals surface area contributed by atoms with Crippen molar-refractivity contribution in [2.24, 2.45) is 7.05 Å².